The quantitative estimate of drug-likeness (QED) is 0.558. The zero-order valence-electron chi connectivity index (χ0n) is 18.6. The smallest absolute Gasteiger partial charge is 0.322 e. The molecule has 1 atom stereocenters. The van der Waals surface area contributed by atoms with Crippen LogP contribution < -0.4 is 4.90 Å². The highest BCUT2D eigenvalue weighted by Gasteiger charge is 2.39. The zero-order valence-corrected chi connectivity index (χ0v) is 19.4. The van der Waals surface area contributed by atoms with Crippen LogP contribution in [-0.4, -0.2) is 61.3 Å². The van der Waals surface area contributed by atoms with E-state index in [1.807, 2.05) is 0 Å². The molecule has 34 heavy (non-hydrogen) atoms. The Labute approximate surface area is 193 Å². The van der Waals surface area contributed by atoms with Gasteiger partial charge in [-0.05, 0) is 43.0 Å². The van der Waals surface area contributed by atoms with E-state index in [0.717, 1.165) is 18.4 Å². The van der Waals surface area contributed by atoms with Crippen LogP contribution in [0.1, 0.15) is 37.6 Å². The molecule has 0 aliphatic carbocycles. The lowest BCUT2D eigenvalue weighted by Crippen LogP contribution is -2.46. The molecule has 0 N–H and O–H groups in total. The molecule has 0 spiro atoms. The van der Waals surface area contributed by atoms with Crippen LogP contribution in [0, 0.1) is 17.6 Å². The summed E-state index contributed by atoms with van der Waals surface area (Å²) >= 11 is 0. The standard InChI is InChI=1S/C21H24F4N4O4S/c1-21(24,25)19-26-20(27-33-19)28-6-4-13(5-7-28)29-8-3-12(18(29)30)9-15-16(22)10-14(11-17(15)23)34(2,31)32/h10-13H,3-9H2,1-2H3/t12-/m1/s1. The molecule has 0 saturated carbocycles. The number of benzene rings is 1. The van der Waals surface area contributed by atoms with Crippen molar-refractivity contribution in [3.8, 4) is 0 Å². The molecule has 8 nitrogen and oxygen atoms in total. The fraction of sp³-hybridized carbons (Fsp3) is 0.571. The van der Waals surface area contributed by atoms with Crippen LogP contribution in [-0.2, 0) is 27.0 Å². The molecular weight excluding hydrogens is 480 g/mol. The van der Waals surface area contributed by atoms with E-state index < -0.39 is 44.1 Å². The van der Waals surface area contributed by atoms with Crippen molar-refractivity contribution in [2.45, 2.75) is 49.5 Å². The van der Waals surface area contributed by atoms with Crippen LogP contribution in [0.3, 0.4) is 0 Å². The number of halogens is 4. The molecule has 3 heterocycles. The van der Waals surface area contributed by atoms with Crippen LogP contribution >= 0.6 is 0 Å². The molecule has 0 bridgehead atoms. The highest BCUT2D eigenvalue weighted by atomic mass is 32.2. The molecule has 2 saturated heterocycles. The number of carbonyl (C=O) groups excluding carboxylic acids is 1. The summed E-state index contributed by atoms with van der Waals surface area (Å²) in [5.41, 5.74) is -0.303. The van der Waals surface area contributed by atoms with Crippen molar-refractivity contribution in [2.75, 3.05) is 30.8 Å². The minimum Gasteiger partial charge on any atom is -0.339 e. The largest absolute Gasteiger partial charge is 0.339 e. The molecule has 2 aliphatic heterocycles. The highest BCUT2D eigenvalue weighted by molar-refractivity contribution is 7.90. The Hall–Kier alpha value is -2.70. The van der Waals surface area contributed by atoms with Gasteiger partial charge < -0.3 is 14.3 Å². The van der Waals surface area contributed by atoms with Gasteiger partial charge >= 0.3 is 5.92 Å². The summed E-state index contributed by atoms with van der Waals surface area (Å²) in [5, 5.41) is 3.61. The lowest BCUT2D eigenvalue weighted by atomic mass is 9.97. The van der Waals surface area contributed by atoms with Crippen LogP contribution in [0.15, 0.2) is 21.6 Å². The summed E-state index contributed by atoms with van der Waals surface area (Å²) in [6.07, 6.45) is 2.23. The van der Waals surface area contributed by atoms with Gasteiger partial charge in [0.2, 0.25) is 5.91 Å². The number of nitrogens with zero attached hydrogens (tertiary/aromatic N) is 4. The van der Waals surface area contributed by atoms with E-state index in [4.69, 9.17) is 0 Å². The number of carbonyl (C=O) groups is 1. The maximum Gasteiger partial charge on any atom is 0.322 e. The third kappa shape index (κ3) is 4.89. The summed E-state index contributed by atoms with van der Waals surface area (Å²) < 4.78 is 83.3. The van der Waals surface area contributed by atoms with E-state index in [1.165, 1.54) is 0 Å². The second-order valence-electron chi connectivity index (χ2n) is 8.87. The maximum atomic E-state index is 14.5. The molecule has 186 valence electrons. The van der Waals surface area contributed by atoms with E-state index in [2.05, 4.69) is 14.7 Å². The Morgan fingerprint density at radius 2 is 1.74 bits per heavy atom. The zero-order chi connectivity index (χ0) is 24.8. The van der Waals surface area contributed by atoms with Crippen molar-refractivity contribution in [3.63, 3.8) is 0 Å². The van der Waals surface area contributed by atoms with Crippen molar-refractivity contribution >= 4 is 21.7 Å². The van der Waals surface area contributed by atoms with E-state index >= 15 is 0 Å². The fourth-order valence-electron chi connectivity index (χ4n) is 4.45. The maximum absolute atomic E-state index is 14.5. The van der Waals surface area contributed by atoms with Gasteiger partial charge in [-0.25, -0.2) is 17.2 Å². The van der Waals surface area contributed by atoms with Gasteiger partial charge in [0.1, 0.15) is 11.6 Å². The number of hydrogen-bond donors (Lipinski definition) is 0. The Bertz CT molecular complexity index is 1170. The van der Waals surface area contributed by atoms with Gasteiger partial charge in [-0.15, -0.1) is 0 Å². The summed E-state index contributed by atoms with van der Waals surface area (Å²) in [7, 11) is -3.77. The van der Waals surface area contributed by atoms with Gasteiger partial charge in [0, 0.05) is 50.3 Å². The first kappa shape index (κ1) is 24.4. The van der Waals surface area contributed by atoms with Gasteiger partial charge in [0.15, 0.2) is 9.84 Å². The number of anilines is 1. The number of hydrogen-bond acceptors (Lipinski definition) is 7. The molecule has 1 aromatic heterocycles. The first-order chi connectivity index (χ1) is 15.8. The van der Waals surface area contributed by atoms with Crippen LogP contribution in [0.4, 0.5) is 23.5 Å². The number of rotatable bonds is 6. The number of likely N-dealkylation sites (tertiary alicyclic amines) is 1. The molecule has 2 aromatic rings. The monoisotopic (exact) mass is 504 g/mol. The molecule has 4 rings (SSSR count). The summed E-state index contributed by atoms with van der Waals surface area (Å²) in [4.78, 5) is 19.7. The molecule has 2 aliphatic rings. The van der Waals surface area contributed by atoms with Crippen molar-refractivity contribution < 1.29 is 35.3 Å². The summed E-state index contributed by atoms with van der Waals surface area (Å²) in [5.74, 6) is -6.72. The molecule has 1 amide bonds. The predicted molar refractivity (Wildman–Crippen MR) is 112 cm³/mol. The topological polar surface area (TPSA) is 96.6 Å². The Kier molecular flexibility index (Phi) is 6.34. The van der Waals surface area contributed by atoms with E-state index in [1.54, 1.807) is 9.80 Å². The van der Waals surface area contributed by atoms with E-state index in [-0.39, 0.29) is 29.9 Å². The lowest BCUT2D eigenvalue weighted by molar-refractivity contribution is -0.133. The fourth-order valence-corrected chi connectivity index (χ4v) is 5.09. The molecule has 2 fully saturated rings. The third-order valence-corrected chi connectivity index (χ3v) is 7.41. The van der Waals surface area contributed by atoms with Gasteiger partial charge in [-0.2, -0.15) is 13.8 Å². The Balaban J connectivity index is 1.38. The van der Waals surface area contributed by atoms with Crippen LogP contribution in [0.5, 0.6) is 0 Å². The molecule has 13 heteroatoms. The Morgan fingerprint density at radius 3 is 2.26 bits per heavy atom. The van der Waals surface area contributed by atoms with Crippen molar-refractivity contribution in [2.24, 2.45) is 5.92 Å². The number of sulfone groups is 1. The third-order valence-electron chi connectivity index (χ3n) is 6.32. The molecule has 0 unspecified atom stereocenters. The van der Waals surface area contributed by atoms with Gasteiger partial charge in [0.05, 0.1) is 4.90 Å². The minimum atomic E-state index is -3.77. The Morgan fingerprint density at radius 1 is 1.12 bits per heavy atom. The molecule has 1 aromatic carbocycles. The summed E-state index contributed by atoms with van der Waals surface area (Å²) in [6, 6.07) is 1.45. The average Bonchev–Trinajstić information content (AvgIpc) is 3.37. The SMILES string of the molecule is CC(F)(F)c1nc(N2CCC(N3CC[C@H](Cc4c(F)cc(S(C)(=O)=O)cc4F)C3=O)CC2)no1. The van der Waals surface area contributed by atoms with Gasteiger partial charge in [-0.1, -0.05) is 0 Å². The lowest BCUT2D eigenvalue weighted by Gasteiger charge is -2.36. The van der Waals surface area contributed by atoms with Crippen molar-refractivity contribution in [1.82, 2.24) is 15.0 Å². The number of alkyl halides is 2. The highest BCUT2D eigenvalue weighted by Crippen LogP contribution is 2.32. The number of piperidine rings is 1. The van der Waals surface area contributed by atoms with Crippen molar-refractivity contribution in [3.05, 3.63) is 35.2 Å². The molecule has 0 radical (unpaired) electrons. The summed E-state index contributed by atoms with van der Waals surface area (Å²) in [6.45, 7) is 1.98. The predicted octanol–water partition coefficient (Wildman–Crippen LogP) is 2.92. The van der Waals surface area contributed by atoms with Gasteiger partial charge in [0.25, 0.3) is 11.8 Å². The number of aromatic nitrogens is 2. The first-order valence-electron chi connectivity index (χ1n) is 10.8. The number of amides is 1. The molecular formula is C21H24F4N4O4S. The minimum absolute atomic E-state index is 0.0732. The second kappa shape index (κ2) is 8.82. The second-order valence-corrected chi connectivity index (χ2v) is 10.9. The van der Waals surface area contributed by atoms with E-state index in [9.17, 15) is 30.8 Å². The van der Waals surface area contributed by atoms with Gasteiger partial charge in [-0.3, -0.25) is 4.79 Å². The normalized spacial score (nSPS) is 20.4. The van der Waals surface area contributed by atoms with Crippen LogP contribution in [0.25, 0.3) is 0 Å². The first-order valence-corrected chi connectivity index (χ1v) is 12.7. The van der Waals surface area contributed by atoms with Crippen LogP contribution in [0.2, 0.25) is 0 Å². The van der Waals surface area contributed by atoms with Crippen molar-refractivity contribution in [1.29, 1.82) is 0 Å². The average molecular weight is 505 g/mol. The van der Waals surface area contributed by atoms with E-state index in [0.29, 0.717) is 45.8 Å².